The van der Waals surface area contributed by atoms with Gasteiger partial charge in [0.1, 0.15) is 5.75 Å². The van der Waals surface area contributed by atoms with Crippen LogP contribution in [-0.2, 0) is 0 Å². The van der Waals surface area contributed by atoms with Gasteiger partial charge in [0.25, 0.3) is 5.91 Å². The minimum Gasteiger partial charge on any atom is -0.496 e. The Balaban J connectivity index is 1.83. The first-order chi connectivity index (χ1) is 8.81. The normalized spacial score (nSPS) is 18.6. The molecule has 0 aliphatic carbocycles. The first-order valence-corrected chi connectivity index (χ1v) is 6.43. The van der Waals surface area contributed by atoms with Gasteiger partial charge in [0.15, 0.2) is 0 Å². The Labute approximate surface area is 108 Å². The number of carbonyl (C=O) groups excluding carboxylic acids is 1. The fourth-order valence-electron chi connectivity index (χ4n) is 2.28. The maximum Gasteiger partial charge on any atom is 0.255 e. The molecule has 4 nitrogen and oxygen atoms in total. The quantitative estimate of drug-likeness (QED) is 0.828. The highest BCUT2D eigenvalue weighted by Gasteiger charge is 2.15. The number of nitrogens with one attached hydrogen (secondary N) is 2. The number of hydrogen-bond acceptors (Lipinski definition) is 3. The molecule has 1 amide bonds. The zero-order valence-corrected chi connectivity index (χ0v) is 10.7. The number of methoxy groups -OCH3 is 1. The molecule has 0 aromatic heterocycles. The molecule has 0 radical (unpaired) electrons. The van der Waals surface area contributed by atoms with Gasteiger partial charge in [0, 0.05) is 6.54 Å². The largest absolute Gasteiger partial charge is 0.496 e. The predicted molar refractivity (Wildman–Crippen MR) is 70.9 cm³/mol. The molecule has 1 unspecified atom stereocenters. The van der Waals surface area contributed by atoms with Crippen molar-refractivity contribution >= 4 is 5.91 Å². The third-order valence-corrected chi connectivity index (χ3v) is 3.35. The van der Waals surface area contributed by atoms with E-state index in [-0.39, 0.29) is 5.91 Å². The van der Waals surface area contributed by atoms with Crippen LogP contribution in [0.5, 0.6) is 5.75 Å². The molecule has 0 spiro atoms. The average Bonchev–Trinajstić information content (AvgIpc) is 2.91. The lowest BCUT2D eigenvalue weighted by Gasteiger charge is -2.11. The highest BCUT2D eigenvalue weighted by atomic mass is 16.5. The van der Waals surface area contributed by atoms with Crippen LogP contribution in [0.15, 0.2) is 24.3 Å². The van der Waals surface area contributed by atoms with Crippen molar-refractivity contribution in [2.24, 2.45) is 5.92 Å². The van der Waals surface area contributed by atoms with Gasteiger partial charge in [-0.3, -0.25) is 4.79 Å². The van der Waals surface area contributed by atoms with E-state index in [4.69, 9.17) is 4.74 Å². The monoisotopic (exact) mass is 248 g/mol. The summed E-state index contributed by atoms with van der Waals surface area (Å²) in [5.74, 6) is 1.26. The first kappa shape index (κ1) is 12.9. The van der Waals surface area contributed by atoms with Crippen molar-refractivity contribution in [2.75, 3.05) is 26.7 Å². The van der Waals surface area contributed by atoms with Gasteiger partial charge in [-0.25, -0.2) is 0 Å². The van der Waals surface area contributed by atoms with Crippen molar-refractivity contribution in [2.45, 2.75) is 12.8 Å². The summed E-state index contributed by atoms with van der Waals surface area (Å²) in [6.07, 6.45) is 2.25. The van der Waals surface area contributed by atoms with Crippen LogP contribution in [0.1, 0.15) is 23.2 Å². The number of hydrogen-bond donors (Lipinski definition) is 2. The summed E-state index contributed by atoms with van der Waals surface area (Å²) in [5, 5.41) is 6.28. The molecule has 1 aliphatic heterocycles. The average molecular weight is 248 g/mol. The van der Waals surface area contributed by atoms with Gasteiger partial charge in [0.2, 0.25) is 0 Å². The number of rotatable bonds is 5. The van der Waals surface area contributed by atoms with Crippen molar-refractivity contribution < 1.29 is 9.53 Å². The Hall–Kier alpha value is -1.55. The zero-order valence-electron chi connectivity index (χ0n) is 10.7. The van der Waals surface area contributed by atoms with Gasteiger partial charge >= 0.3 is 0 Å². The highest BCUT2D eigenvalue weighted by Crippen LogP contribution is 2.17. The molecule has 0 bridgehead atoms. The number of para-hydroxylation sites is 1. The Kier molecular flexibility index (Phi) is 4.59. The lowest BCUT2D eigenvalue weighted by Crippen LogP contribution is -2.26. The third kappa shape index (κ3) is 3.23. The van der Waals surface area contributed by atoms with Gasteiger partial charge in [-0.1, -0.05) is 12.1 Å². The number of carbonyl (C=O) groups is 1. The molecule has 1 fully saturated rings. The lowest BCUT2D eigenvalue weighted by atomic mass is 10.1. The molecular weight excluding hydrogens is 228 g/mol. The van der Waals surface area contributed by atoms with Crippen LogP contribution in [0, 0.1) is 5.92 Å². The number of ether oxygens (including phenoxy) is 1. The molecule has 2 N–H and O–H groups in total. The van der Waals surface area contributed by atoms with E-state index in [0.29, 0.717) is 17.2 Å². The standard InChI is InChI=1S/C14H20N2O2/c1-18-13-5-3-2-4-12(13)14(17)16-9-7-11-6-8-15-10-11/h2-5,11,15H,6-10H2,1H3,(H,16,17). The summed E-state index contributed by atoms with van der Waals surface area (Å²) in [5.41, 5.74) is 0.601. The van der Waals surface area contributed by atoms with E-state index in [2.05, 4.69) is 10.6 Å². The van der Waals surface area contributed by atoms with E-state index < -0.39 is 0 Å². The predicted octanol–water partition coefficient (Wildman–Crippen LogP) is 1.42. The highest BCUT2D eigenvalue weighted by molar-refractivity contribution is 5.96. The molecule has 18 heavy (non-hydrogen) atoms. The van der Waals surface area contributed by atoms with Crippen molar-refractivity contribution in [1.82, 2.24) is 10.6 Å². The summed E-state index contributed by atoms with van der Waals surface area (Å²) < 4.78 is 5.18. The summed E-state index contributed by atoms with van der Waals surface area (Å²) in [6.45, 7) is 2.90. The fraction of sp³-hybridized carbons (Fsp3) is 0.500. The van der Waals surface area contributed by atoms with Crippen LogP contribution in [0.3, 0.4) is 0 Å². The number of amides is 1. The van der Waals surface area contributed by atoms with E-state index in [1.807, 2.05) is 12.1 Å². The topological polar surface area (TPSA) is 50.4 Å². The molecule has 2 rings (SSSR count). The second kappa shape index (κ2) is 6.40. The van der Waals surface area contributed by atoms with Crippen molar-refractivity contribution in [3.8, 4) is 5.75 Å². The molecule has 1 aliphatic rings. The van der Waals surface area contributed by atoms with E-state index in [1.54, 1.807) is 19.2 Å². The molecule has 1 saturated heterocycles. The van der Waals surface area contributed by atoms with E-state index in [0.717, 1.165) is 26.1 Å². The minimum atomic E-state index is -0.0570. The van der Waals surface area contributed by atoms with Gasteiger partial charge in [-0.2, -0.15) is 0 Å². The van der Waals surface area contributed by atoms with Crippen LogP contribution in [-0.4, -0.2) is 32.7 Å². The van der Waals surface area contributed by atoms with E-state index >= 15 is 0 Å². The van der Waals surface area contributed by atoms with Gasteiger partial charge in [0.05, 0.1) is 12.7 Å². The first-order valence-electron chi connectivity index (χ1n) is 6.43. The molecule has 1 heterocycles. The Bertz CT molecular complexity index is 401. The Morgan fingerprint density at radius 3 is 3.06 bits per heavy atom. The molecule has 4 heteroatoms. The maximum atomic E-state index is 12.0. The van der Waals surface area contributed by atoms with Crippen LogP contribution >= 0.6 is 0 Å². The van der Waals surface area contributed by atoms with Gasteiger partial charge in [-0.05, 0) is 44.0 Å². The Morgan fingerprint density at radius 2 is 2.33 bits per heavy atom. The molecule has 1 aromatic rings. The van der Waals surface area contributed by atoms with Crippen molar-refractivity contribution in [1.29, 1.82) is 0 Å². The van der Waals surface area contributed by atoms with Gasteiger partial charge in [-0.15, -0.1) is 0 Å². The van der Waals surface area contributed by atoms with Crippen LogP contribution in [0.4, 0.5) is 0 Å². The summed E-state index contributed by atoms with van der Waals surface area (Å²) in [7, 11) is 1.58. The lowest BCUT2D eigenvalue weighted by molar-refractivity contribution is 0.0948. The molecule has 1 atom stereocenters. The molecule has 1 aromatic carbocycles. The second-order valence-corrected chi connectivity index (χ2v) is 4.60. The van der Waals surface area contributed by atoms with Crippen molar-refractivity contribution in [3.05, 3.63) is 29.8 Å². The number of benzene rings is 1. The summed E-state index contributed by atoms with van der Waals surface area (Å²) in [4.78, 5) is 12.0. The second-order valence-electron chi connectivity index (χ2n) is 4.60. The Morgan fingerprint density at radius 1 is 1.50 bits per heavy atom. The zero-order chi connectivity index (χ0) is 12.8. The van der Waals surface area contributed by atoms with Crippen LogP contribution < -0.4 is 15.4 Å². The van der Waals surface area contributed by atoms with E-state index in [1.165, 1.54) is 6.42 Å². The molecule has 0 saturated carbocycles. The van der Waals surface area contributed by atoms with Crippen LogP contribution in [0.25, 0.3) is 0 Å². The van der Waals surface area contributed by atoms with E-state index in [9.17, 15) is 4.79 Å². The summed E-state index contributed by atoms with van der Waals surface area (Å²) in [6, 6.07) is 7.29. The smallest absolute Gasteiger partial charge is 0.255 e. The maximum absolute atomic E-state index is 12.0. The molecular formula is C14H20N2O2. The minimum absolute atomic E-state index is 0.0570. The summed E-state index contributed by atoms with van der Waals surface area (Å²) >= 11 is 0. The van der Waals surface area contributed by atoms with Gasteiger partial charge < -0.3 is 15.4 Å². The van der Waals surface area contributed by atoms with Crippen molar-refractivity contribution in [3.63, 3.8) is 0 Å². The fourth-order valence-corrected chi connectivity index (χ4v) is 2.28. The van der Waals surface area contributed by atoms with Crippen LogP contribution in [0.2, 0.25) is 0 Å². The third-order valence-electron chi connectivity index (χ3n) is 3.35. The molecule has 98 valence electrons. The SMILES string of the molecule is COc1ccccc1C(=O)NCCC1CCNC1.